The van der Waals surface area contributed by atoms with Gasteiger partial charge in [0, 0.05) is 28.5 Å². The number of nitrogens with zero attached hydrogens (tertiary/aromatic N) is 1. The molecule has 0 atom stereocenters. The maximum absolute atomic E-state index is 12.2. The summed E-state index contributed by atoms with van der Waals surface area (Å²) in [7, 11) is 0. The van der Waals surface area contributed by atoms with Gasteiger partial charge in [-0.2, -0.15) is 0 Å². The van der Waals surface area contributed by atoms with Gasteiger partial charge in [-0.05, 0) is 47.7 Å². The molecule has 0 aliphatic rings. The Kier molecular flexibility index (Phi) is 5.07. The fourth-order valence-corrected chi connectivity index (χ4v) is 4.31. The van der Waals surface area contributed by atoms with Gasteiger partial charge < -0.3 is 22.1 Å². The highest BCUT2D eigenvalue weighted by Gasteiger charge is 2.16. The van der Waals surface area contributed by atoms with Crippen LogP contribution in [-0.2, 0) is 0 Å². The first-order valence-electron chi connectivity index (χ1n) is 9.13. The van der Waals surface area contributed by atoms with E-state index >= 15 is 0 Å². The molecule has 6 N–H and O–H groups in total. The van der Waals surface area contributed by atoms with Crippen molar-refractivity contribution in [3.8, 4) is 11.1 Å². The number of rotatable bonds is 4. The van der Waals surface area contributed by atoms with Crippen LogP contribution in [0.25, 0.3) is 21.2 Å². The van der Waals surface area contributed by atoms with E-state index in [1.807, 2.05) is 48.7 Å². The monoisotopic (exact) mass is 417 g/mol. The number of hydrogen-bond acceptors (Lipinski definition) is 5. The third-order valence-electron chi connectivity index (χ3n) is 4.62. The molecule has 0 bridgehead atoms. The van der Waals surface area contributed by atoms with E-state index in [2.05, 4.69) is 15.6 Å². The lowest BCUT2D eigenvalue weighted by Gasteiger charge is -2.09. The lowest BCUT2D eigenvalue weighted by Crippen LogP contribution is -2.19. The SMILES string of the molecule is Cc1cccc(NC(=O)Nc2ccc(-c3csc4c(C(N)=O)cnc(N)c34)cc2)c1. The second-order valence-electron chi connectivity index (χ2n) is 6.80. The Morgan fingerprint density at radius 3 is 2.47 bits per heavy atom. The predicted molar refractivity (Wildman–Crippen MR) is 122 cm³/mol. The molecule has 0 saturated heterocycles. The van der Waals surface area contributed by atoms with Crippen molar-refractivity contribution in [2.45, 2.75) is 6.92 Å². The number of anilines is 3. The zero-order chi connectivity index (χ0) is 21.3. The number of nitrogen functional groups attached to an aromatic ring is 1. The van der Waals surface area contributed by atoms with Crippen LogP contribution in [0.4, 0.5) is 22.0 Å². The summed E-state index contributed by atoms with van der Waals surface area (Å²) in [5.41, 5.74) is 16.0. The molecule has 0 spiro atoms. The van der Waals surface area contributed by atoms with Gasteiger partial charge in [0.2, 0.25) is 0 Å². The van der Waals surface area contributed by atoms with Crippen molar-refractivity contribution < 1.29 is 9.59 Å². The zero-order valence-corrected chi connectivity index (χ0v) is 16.9. The highest BCUT2D eigenvalue weighted by Crippen LogP contribution is 2.38. The van der Waals surface area contributed by atoms with Gasteiger partial charge in [0.1, 0.15) is 5.82 Å². The minimum atomic E-state index is -0.542. The maximum Gasteiger partial charge on any atom is 0.323 e. The number of urea groups is 1. The molecule has 0 aliphatic heterocycles. The largest absolute Gasteiger partial charge is 0.383 e. The van der Waals surface area contributed by atoms with Crippen molar-refractivity contribution >= 4 is 50.6 Å². The van der Waals surface area contributed by atoms with Crippen molar-refractivity contribution in [1.82, 2.24) is 4.98 Å². The summed E-state index contributed by atoms with van der Waals surface area (Å²) in [6.45, 7) is 1.96. The van der Waals surface area contributed by atoms with Crippen molar-refractivity contribution in [2.24, 2.45) is 5.73 Å². The Morgan fingerprint density at radius 2 is 1.77 bits per heavy atom. The number of primary amides is 1. The van der Waals surface area contributed by atoms with Gasteiger partial charge in [0.15, 0.2) is 0 Å². The fourth-order valence-electron chi connectivity index (χ4n) is 3.21. The number of thiophene rings is 1. The summed E-state index contributed by atoms with van der Waals surface area (Å²) < 4.78 is 0.713. The first-order valence-corrected chi connectivity index (χ1v) is 10.0. The number of fused-ring (bicyclic) bond motifs is 1. The van der Waals surface area contributed by atoms with Crippen LogP contribution in [-0.4, -0.2) is 16.9 Å². The van der Waals surface area contributed by atoms with E-state index < -0.39 is 5.91 Å². The third-order valence-corrected chi connectivity index (χ3v) is 5.63. The average Bonchev–Trinajstić information content (AvgIpc) is 3.14. The Bertz CT molecular complexity index is 1260. The molecule has 2 heterocycles. The maximum atomic E-state index is 12.2. The van der Waals surface area contributed by atoms with E-state index in [0.29, 0.717) is 27.2 Å². The summed E-state index contributed by atoms with van der Waals surface area (Å²) in [4.78, 5) is 28.0. The molecule has 0 aliphatic carbocycles. The molecule has 2 aromatic heterocycles. The van der Waals surface area contributed by atoms with Crippen LogP contribution < -0.4 is 22.1 Å². The molecular formula is C22H19N5O2S. The average molecular weight is 417 g/mol. The number of pyridine rings is 1. The summed E-state index contributed by atoms with van der Waals surface area (Å²) in [6.07, 6.45) is 1.40. The van der Waals surface area contributed by atoms with E-state index in [9.17, 15) is 9.59 Å². The van der Waals surface area contributed by atoms with E-state index in [-0.39, 0.29) is 6.03 Å². The molecule has 0 saturated carbocycles. The first-order chi connectivity index (χ1) is 14.4. The highest BCUT2D eigenvalue weighted by atomic mass is 32.1. The molecule has 30 heavy (non-hydrogen) atoms. The standard InChI is InChI=1S/C22H19N5O2S/c1-12-3-2-4-15(9-12)27-22(29)26-14-7-5-13(6-8-14)17-11-30-19-16(21(24)28)10-25-20(23)18(17)19/h2-11H,1H3,(H2,23,25)(H2,24,28)(H2,26,27,29). The molecule has 4 rings (SSSR count). The van der Waals surface area contributed by atoms with Crippen LogP contribution in [0.3, 0.4) is 0 Å². The minimum Gasteiger partial charge on any atom is -0.383 e. The van der Waals surface area contributed by atoms with E-state index in [0.717, 1.165) is 22.4 Å². The van der Waals surface area contributed by atoms with Gasteiger partial charge in [-0.25, -0.2) is 9.78 Å². The van der Waals surface area contributed by atoms with Gasteiger partial charge in [0.25, 0.3) is 5.91 Å². The number of aromatic nitrogens is 1. The van der Waals surface area contributed by atoms with Crippen molar-refractivity contribution in [2.75, 3.05) is 16.4 Å². The van der Waals surface area contributed by atoms with Crippen molar-refractivity contribution in [3.05, 3.63) is 71.2 Å². The lowest BCUT2D eigenvalue weighted by atomic mass is 10.0. The normalized spacial score (nSPS) is 10.7. The van der Waals surface area contributed by atoms with E-state index in [4.69, 9.17) is 11.5 Å². The molecule has 150 valence electrons. The molecule has 0 unspecified atom stereocenters. The number of nitrogens with one attached hydrogen (secondary N) is 2. The molecule has 8 heteroatoms. The first kappa shape index (κ1) is 19.4. The Hall–Kier alpha value is -3.91. The van der Waals surface area contributed by atoms with Crippen molar-refractivity contribution in [1.29, 1.82) is 0 Å². The summed E-state index contributed by atoms with van der Waals surface area (Å²) in [5, 5.41) is 8.24. The third kappa shape index (κ3) is 3.81. The highest BCUT2D eigenvalue weighted by molar-refractivity contribution is 7.18. The van der Waals surface area contributed by atoms with Gasteiger partial charge in [0.05, 0.1) is 10.3 Å². The Balaban J connectivity index is 1.56. The molecule has 0 radical (unpaired) electrons. The molecule has 4 aromatic rings. The van der Waals surface area contributed by atoms with Crippen LogP contribution in [0, 0.1) is 6.92 Å². The summed E-state index contributed by atoms with van der Waals surface area (Å²) in [6, 6.07) is 14.6. The topological polar surface area (TPSA) is 123 Å². The molecule has 0 fully saturated rings. The number of amides is 3. The Morgan fingerprint density at radius 1 is 1.03 bits per heavy atom. The number of aryl methyl sites for hydroxylation is 1. The van der Waals surface area contributed by atoms with Crippen LogP contribution >= 0.6 is 11.3 Å². The quantitative estimate of drug-likeness (QED) is 0.387. The van der Waals surface area contributed by atoms with Gasteiger partial charge in [-0.3, -0.25) is 4.79 Å². The number of carbonyl (C=O) groups excluding carboxylic acids is 2. The number of carbonyl (C=O) groups is 2. The summed E-state index contributed by atoms with van der Waals surface area (Å²) in [5.74, 6) is -0.203. The number of benzene rings is 2. The van der Waals surface area contributed by atoms with Gasteiger partial charge >= 0.3 is 6.03 Å². The van der Waals surface area contributed by atoms with E-state index in [1.54, 1.807) is 12.1 Å². The minimum absolute atomic E-state index is 0.325. The molecule has 3 amide bonds. The lowest BCUT2D eigenvalue weighted by molar-refractivity contribution is 0.100. The Labute approximate surface area is 176 Å². The van der Waals surface area contributed by atoms with Crippen molar-refractivity contribution in [3.63, 3.8) is 0 Å². The van der Waals surface area contributed by atoms with Crippen LogP contribution in [0.5, 0.6) is 0 Å². The van der Waals surface area contributed by atoms with Crippen LogP contribution in [0.15, 0.2) is 60.1 Å². The van der Waals surface area contributed by atoms with Gasteiger partial charge in [-0.1, -0.05) is 24.3 Å². The number of hydrogen-bond donors (Lipinski definition) is 4. The van der Waals surface area contributed by atoms with E-state index in [1.165, 1.54) is 17.5 Å². The second-order valence-corrected chi connectivity index (χ2v) is 7.68. The van der Waals surface area contributed by atoms with Crippen LogP contribution in [0.1, 0.15) is 15.9 Å². The number of nitrogens with two attached hydrogens (primary N) is 2. The molecule has 7 nitrogen and oxygen atoms in total. The smallest absolute Gasteiger partial charge is 0.323 e. The van der Waals surface area contributed by atoms with Crippen LogP contribution in [0.2, 0.25) is 0 Å². The summed E-state index contributed by atoms with van der Waals surface area (Å²) >= 11 is 1.39. The zero-order valence-electron chi connectivity index (χ0n) is 16.1. The fraction of sp³-hybridized carbons (Fsp3) is 0.0455. The predicted octanol–water partition coefficient (Wildman–Crippen LogP) is 4.60. The molecule has 2 aromatic carbocycles. The second kappa shape index (κ2) is 7.84. The van der Waals surface area contributed by atoms with Gasteiger partial charge in [-0.15, -0.1) is 11.3 Å². The molecular weight excluding hydrogens is 398 g/mol.